The van der Waals surface area contributed by atoms with Gasteiger partial charge in [0.2, 0.25) is 0 Å². The van der Waals surface area contributed by atoms with Gasteiger partial charge < -0.3 is 16.2 Å². The van der Waals surface area contributed by atoms with Crippen molar-refractivity contribution in [1.29, 1.82) is 0 Å². The minimum Gasteiger partial charge on any atom is -0.493 e. The average Bonchev–Trinajstić information content (AvgIpc) is 2.58. The summed E-state index contributed by atoms with van der Waals surface area (Å²) >= 11 is 0. The largest absolute Gasteiger partial charge is 0.493 e. The second kappa shape index (κ2) is 6.88. The topological polar surface area (TPSA) is 61.3 Å². The van der Waals surface area contributed by atoms with Gasteiger partial charge in [0.1, 0.15) is 5.75 Å². The first-order valence-corrected chi connectivity index (χ1v) is 7.64. The first kappa shape index (κ1) is 15.0. The molecule has 0 aliphatic heterocycles. The van der Waals surface area contributed by atoms with Gasteiger partial charge in [0, 0.05) is 17.8 Å². The van der Waals surface area contributed by atoms with Crippen LogP contribution in [0.5, 0.6) is 5.75 Å². The van der Waals surface area contributed by atoms with Gasteiger partial charge in [-0.1, -0.05) is 48.5 Å². The minimum atomic E-state index is 0.582. The summed E-state index contributed by atoms with van der Waals surface area (Å²) in [6.45, 7) is 0.582. The Morgan fingerprint density at radius 2 is 1.43 bits per heavy atom. The van der Waals surface area contributed by atoms with Crippen molar-refractivity contribution < 1.29 is 4.74 Å². The first-order chi connectivity index (χ1) is 11.2. The van der Waals surface area contributed by atoms with Crippen LogP contribution in [-0.2, 0) is 6.42 Å². The van der Waals surface area contributed by atoms with Crippen molar-refractivity contribution in [3.63, 3.8) is 0 Å². The lowest BCUT2D eigenvalue weighted by Crippen LogP contribution is -2.04. The molecule has 3 rings (SSSR count). The first-order valence-electron chi connectivity index (χ1n) is 7.64. The van der Waals surface area contributed by atoms with Crippen LogP contribution >= 0.6 is 0 Å². The summed E-state index contributed by atoms with van der Waals surface area (Å²) in [4.78, 5) is 0. The molecule has 3 nitrogen and oxygen atoms in total. The monoisotopic (exact) mass is 304 g/mol. The Hall–Kier alpha value is -2.94. The van der Waals surface area contributed by atoms with Crippen molar-refractivity contribution in [3.05, 3.63) is 78.4 Å². The van der Waals surface area contributed by atoms with Gasteiger partial charge in [0.15, 0.2) is 0 Å². The maximum absolute atomic E-state index is 5.95. The van der Waals surface area contributed by atoms with E-state index in [1.54, 1.807) is 6.07 Å². The zero-order valence-electron chi connectivity index (χ0n) is 12.9. The highest BCUT2D eigenvalue weighted by Gasteiger charge is 2.02. The van der Waals surface area contributed by atoms with Crippen molar-refractivity contribution in [3.8, 4) is 16.9 Å². The van der Waals surface area contributed by atoms with Crippen LogP contribution < -0.4 is 16.2 Å². The van der Waals surface area contributed by atoms with Gasteiger partial charge >= 0.3 is 0 Å². The number of anilines is 2. The predicted octanol–water partition coefficient (Wildman–Crippen LogP) is 4.14. The summed E-state index contributed by atoms with van der Waals surface area (Å²) in [5.41, 5.74) is 16.5. The number of hydrogen-bond acceptors (Lipinski definition) is 3. The Morgan fingerprint density at radius 1 is 0.739 bits per heavy atom. The predicted molar refractivity (Wildman–Crippen MR) is 96.3 cm³/mol. The number of ether oxygens (including phenoxy) is 1. The fourth-order valence-corrected chi connectivity index (χ4v) is 2.49. The lowest BCUT2D eigenvalue weighted by Gasteiger charge is -2.09. The molecule has 0 bridgehead atoms. The molecule has 3 aromatic rings. The molecule has 4 N–H and O–H groups in total. The third-order valence-electron chi connectivity index (χ3n) is 3.77. The second-order valence-corrected chi connectivity index (χ2v) is 5.45. The molecule has 0 spiro atoms. The van der Waals surface area contributed by atoms with E-state index in [2.05, 4.69) is 24.3 Å². The number of nitrogens with two attached hydrogens (primary N) is 2. The number of rotatable bonds is 5. The van der Waals surface area contributed by atoms with Gasteiger partial charge in [-0.2, -0.15) is 0 Å². The van der Waals surface area contributed by atoms with Crippen molar-refractivity contribution in [2.75, 3.05) is 18.1 Å². The van der Waals surface area contributed by atoms with Crippen LogP contribution in [0.4, 0.5) is 11.4 Å². The van der Waals surface area contributed by atoms with E-state index >= 15 is 0 Å². The number of hydrogen-bond donors (Lipinski definition) is 2. The molecule has 0 radical (unpaired) electrons. The van der Waals surface area contributed by atoms with E-state index in [9.17, 15) is 0 Å². The van der Waals surface area contributed by atoms with Crippen LogP contribution in [0.1, 0.15) is 5.56 Å². The van der Waals surface area contributed by atoms with Crippen LogP contribution in [0, 0.1) is 0 Å². The zero-order chi connectivity index (χ0) is 16.1. The molecule has 0 amide bonds. The molecule has 0 aromatic heterocycles. The van der Waals surface area contributed by atoms with Crippen molar-refractivity contribution in [1.82, 2.24) is 0 Å². The van der Waals surface area contributed by atoms with Crippen molar-refractivity contribution >= 4 is 11.4 Å². The van der Waals surface area contributed by atoms with E-state index in [1.807, 2.05) is 42.5 Å². The smallest absolute Gasteiger partial charge is 0.119 e. The van der Waals surface area contributed by atoms with E-state index < -0.39 is 0 Å². The molecular weight excluding hydrogens is 284 g/mol. The molecule has 0 unspecified atom stereocenters. The molecule has 0 atom stereocenters. The van der Waals surface area contributed by atoms with Gasteiger partial charge in [-0.05, 0) is 41.0 Å². The third kappa shape index (κ3) is 3.83. The maximum Gasteiger partial charge on any atom is 0.119 e. The van der Waals surface area contributed by atoms with Crippen LogP contribution in [0.25, 0.3) is 11.1 Å². The van der Waals surface area contributed by atoms with Crippen molar-refractivity contribution in [2.45, 2.75) is 6.42 Å². The van der Waals surface area contributed by atoms with Gasteiger partial charge in [0.25, 0.3) is 0 Å². The highest BCUT2D eigenvalue weighted by molar-refractivity contribution is 5.63. The highest BCUT2D eigenvalue weighted by atomic mass is 16.5. The van der Waals surface area contributed by atoms with E-state index in [0.29, 0.717) is 18.0 Å². The van der Waals surface area contributed by atoms with Gasteiger partial charge in [-0.15, -0.1) is 0 Å². The molecule has 0 saturated carbocycles. The molecule has 23 heavy (non-hydrogen) atoms. The van der Waals surface area contributed by atoms with Crippen LogP contribution in [0.15, 0.2) is 72.8 Å². The molecule has 116 valence electrons. The second-order valence-electron chi connectivity index (χ2n) is 5.45. The summed E-state index contributed by atoms with van der Waals surface area (Å²) in [6.07, 6.45) is 0.756. The molecule has 0 aliphatic rings. The number of nitrogen functional groups attached to an aromatic ring is 2. The summed E-state index contributed by atoms with van der Waals surface area (Å²) in [5, 5.41) is 0. The zero-order valence-corrected chi connectivity index (χ0v) is 12.9. The molecule has 0 fully saturated rings. The molecule has 0 saturated heterocycles. The van der Waals surface area contributed by atoms with E-state index in [-0.39, 0.29) is 0 Å². The normalized spacial score (nSPS) is 10.4. The van der Waals surface area contributed by atoms with Crippen LogP contribution in [-0.4, -0.2) is 6.61 Å². The van der Waals surface area contributed by atoms with Crippen LogP contribution in [0.2, 0.25) is 0 Å². The Morgan fingerprint density at radius 3 is 2.13 bits per heavy atom. The van der Waals surface area contributed by atoms with Gasteiger partial charge in [-0.3, -0.25) is 0 Å². The molecule has 3 heteroatoms. The highest BCUT2D eigenvalue weighted by Crippen LogP contribution is 2.22. The summed E-state index contributed by atoms with van der Waals surface area (Å²) < 4.78 is 5.80. The van der Waals surface area contributed by atoms with Gasteiger partial charge in [-0.25, -0.2) is 0 Å². The lowest BCUT2D eigenvalue weighted by molar-refractivity contribution is 0.322. The lowest BCUT2D eigenvalue weighted by atomic mass is 10.1. The average molecular weight is 304 g/mol. The fraction of sp³-hybridized carbons (Fsp3) is 0.100. The third-order valence-corrected chi connectivity index (χ3v) is 3.77. The number of benzene rings is 3. The molecule has 0 aliphatic carbocycles. The quantitative estimate of drug-likeness (QED) is 0.696. The van der Waals surface area contributed by atoms with Crippen LogP contribution in [0.3, 0.4) is 0 Å². The fourth-order valence-electron chi connectivity index (χ4n) is 2.49. The van der Waals surface area contributed by atoms with E-state index in [4.69, 9.17) is 16.2 Å². The summed E-state index contributed by atoms with van der Waals surface area (Å²) in [6, 6.07) is 24.0. The molecule has 3 aromatic carbocycles. The maximum atomic E-state index is 5.95. The van der Waals surface area contributed by atoms with Gasteiger partial charge in [0.05, 0.1) is 6.61 Å². The standard InChI is InChI=1S/C20H20N2O/c21-18-9-6-17(20(22)14-18)12-13-23-19-10-7-16(8-11-19)15-4-2-1-3-5-15/h1-11,14H,12-13,21-22H2. The summed E-state index contributed by atoms with van der Waals surface area (Å²) in [5.74, 6) is 0.860. The van der Waals surface area contributed by atoms with Crippen molar-refractivity contribution in [2.24, 2.45) is 0 Å². The molecular formula is C20H20N2O. The Balaban J connectivity index is 1.59. The summed E-state index contributed by atoms with van der Waals surface area (Å²) in [7, 11) is 0. The Labute approximate surface area is 136 Å². The molecule has 0 heterocycles. The van der Waals surface area contributed by atoms with E-state index in [0.717, 1.165) is 17.7 Å². The van der Waals surface area contributed by atoms with E-state index in [1.165, 1.54) is 11.1 Å². The SMILES string of the molecule is Nc1ccc(CCOc2ccc(-c3ccccc3)cc2)c(N)c1. The minimum absolute atomic E-state index is 0.582. The Bertz CT molecular complexity index is 767. The Kier molecular flexibility index (Phi) is 4.48.